The summed E-state index contributed by atoms with van der Waals surface area (Å²) in [5.41, 5.74) is 0.430. The Morgan fingerprint density at radius 1 is 1.64 bits per heavy atom. The summed E-state index contributed by atoms with van der Waals surface area (Å²) in [4.78, 5) is 33.4. The lowest BCUT2D eigenvalue weighted by atomic mass is 9.88. The molecule has 0 aromatic carbocycles. The Balaban J connectivity index is 2.39. The molecular weight excluding hydrogens is 186 g/mol. The van der Waals surface area contributed by atoms with Crippen molar-refractivity contribution in [1.29, 1.82) is 0 Å². The van der Waals surface area contributed by atoms with Crippen molar-refractivity contribution < 1.29 is 19.5 Å². The molecule has 0 aromatic rings. The number of carboxylic acids is 1. The second kappa shape index (κ2) is 2.82. The van der Waals surface area contributed by atoms with Crippen LogP contribution in [-0.2, 0) is 14.4 Å². The van der Waals surface area contributed by atoms with Gasteiger partial charge < -0.3 is 5.11 Å². The Bertz CT molecular complexity index is 403. The minimum absolute atomic E-state index is 0.0229. The van der Waals surface area contributed by atoms with Crippen molar-refractivity contribution >= 4 is 17.8 Å². The third-order valence-corrected chi connectivity index (χ3v) is 2.48. The smallest absolute Gasteiger partial charge is 0.352 e. The fourth-order valence-electron chi connectivity index (χ4n) is 1.74. The molecule has 0 unspecified atom stereocenters. The molecule has 1 amide bonds. The van der Waals surface area contributed by atoms with Gasteiger partial charge in [-0.05, 0) is 6.08 Å². The van der Waals surface area contributed by atoms with Crippen molar-refractivity contribution in [1.82, 2.24) is 4.90 Å². The van der Waals surface area contributed by atoms with Gasteiger partial charge in [0.2, 0.25) is 5.91 Å². The van der Waals surface area contributed by atoms with Crippen molar-refractivity contribution in [3.63, 3.8) is 0 Å². The molecule has 1 saturated heterocycles. The van der Waals surface area contributed by atoms with Crippen LogP contribution in [0.3, 0.4) is 0 Å². The van der Waals surface area contributed by atoms with Gasteiger partial charge in [0, 0.05) is 12.0 Å². The van der Waals surface area contributed by atoms with Crippen LogP contribution in [0.15, 0.2) is 17.3 Å². The molecule has 5 heteroatoms. The lowest BCUT2D eigenvalue weighted by molar-refractivity contribution is -0.148. The maximum Gasteiger partial charge on any atom is 0.352 e. The van der Waals surface area contributed by atoms with Crippen LogP contribution in [0.5, 0.6) is 0 Å². The zero-order valence-corrected chi connectivity index (χ0v) is 7.19. The summed E-state index contributed by atoms with van der Waals surface area (Å²) < 4.78 is 0. The van der Waals surface area contributed by atoms with E-state index in [1.165, 1.54) is 6.08 Å². The fourth-order valence-corrected chi connectivity index (χ4v) is 1.74. The van der Waals surface area contributed by atoms with Gasteiger partial charge in [-0.25, -0.2) is 9.59 Å². The van der Waals surface area contributed by atoms with E-state index >= 15 is 0 Å². The van der Waals surface area contributed by atoms with Gasteiger partial charge in [0.25, 0.3) is 0 Å². The lowest BCUT2D eigenvalue weighted by Gasteiger charge is -2.42. The largest absolute Gasteiger partial charge is 0.477 e. The predicted octanol–water partition coefficient (Wildman–Crippen LogP) is -0.282. The van der Waals surface area contributed by atoms with Gasteiger partial charge in [0.15, 0.2) is 0 Å². The SMILES string of the molecule is O=C=C1CC=C(C(=O)O)N2C(=O)C[C@@H]12. The van der Waals surface area contributed by atoms with Crippen molar-refractivity contribution in [3.8, 4) is 0 Å². The molecule has 5 nitrogen and oxygen atoms in total. The van der Waals surface area contributed by atoms with Gasteiger partial charge in [-0.1, -0.05) is 0 Å². The molecule has 0 radical (unpaired) electrons. The number of carboxylic acid groups (broad SMARTS) is 1. The highest BCUT2D eigenvalue weighted by molar-refractivity contribution is 5.98. The highest BCUT2D eigenvalue weighted by Gasteiger charge is 2.45. The van der Waals surface area contributed by atoms with E-state index in [0.29, 0.717) is 5.57 Å². The van der Waals surface area contributed by atoms with E-state index in [4.69, 9.17) is 5.11 Å². The van der Waals surface area contributed by atoms with Crippen LogP contribution in [0.25, 0.3) is 0 Å². The van der Waals surface area contributed by atoms with Gasteiger partial charge in [0.1, 0.15) is 11.6 Å². The van der Waals surface area contributed by atoms with Crippen molar-refractivity contribution in [2.45, 2.75) is 18.9 Å². The molecule has 0 aromatic heterocycles. The highest BCUT2D eigenvalue weighted by Crippen LogP contribution is 2.34. The summed E-state index contributed by atoms with van der Waals surface area (Å²) in [5, 5.41) is 8.77. The number of allylic oxidation sites excluding steroid dienone is 1. The van der Waals surface area contributed by atoms with Crippen molar-refractivity contribution in [3.05, 3.63) is 17.3 Å². The summed E-state index contributed by atoms with van der Waals surface area (Å²) in [5.74, 6) is 0.366. The summed E-state index contributed by atoms with van der Waals surface area (Å²) >= 11 is 0. The quantitative estimate of drug-likeness (QED) is 0.459. The summed E-state index contributed by atoms with van der Waals surface area (Å²) in [6.07, 6.45) is 1.87. The first-order valence-corrected chi connectivity index (χ1v) is 4.14. The number of hydrogen-bond donors (Lipinski definition) is 1. The first-order valence-electron chi connectivity index (χ1n) is 4.14. The Kier molecular flexibility index (Phi) is 1.75. The van der Waals surface area contributed by atoms with Crippen LogP contribution >= 0.6 is 0 Å². The predicted molar refractivity (Wildman–Crippen MR) is 44.8 cm³/mol. The van der Waals surface area contributed by atoms with E-state index < -0.39 is 5.97 Å². The average molecular weight is 193 g/mol. The minimum atomic E-state index is -1.13. The van der Waals surface area contributed by atoms with Crippen LogP contribution in [-0.4, -0.2) is 33.9 Å². The average Bonchev–Trinajstić information content (AvgIpc) is 2.15. The molecule has 2 aliphatic heterocycles. The standard InChI is InChI=1S/C9H7NO4/c11-4-5-1-2-6(9(13)14)10-7(5)3-8(10)12/h2,7H,1,3H2,(H,13,14)/t7-/m0/s1. The van der Waals surface area contributed by atoms with E-state index in [1.807, 2.05) is 0 Å². The van der Waals surface area contributed by atoms with Crippen LogP contribution in [0.4, 0.5) is 0 Å². The summed E-state index contributed by atoms with van der Waals surface area (Å²) in [7, 11) is 0. The maximum atomic E-state index is 11.1. The lowest BCUT2D eigenvalue weighted by Crippen LogP contribution is -2.55. The molecule has 1 N–H and O–H groups in total. The normalized spacial score (nSPS) is 24.7. The van der Waals surface area contributed by atoms with Crippen LogP contribution < -0.4 is 0 Å². The molecular formula is C9H7NO4. The van der Waals surface area contributed by atoms with E-state index in [2.05, 4.69) is 0 Å². The van der Waals surface area contributed by atoms with E-state index in [1.54, 1.807) is 5.94 Å². The number of carbonyl (C=O) groups is 2. The van der Waals surface area contributed by atoms with E-state index in [0.717, 1.165) is 4.90 Å². The Hall–Kier alpha value is -1.87. The second-order valence-electron chi connectivity index (χ2n) is 3.21. The van der Waals surface area contributed by atoms with Gasteiger partial charge in [-0.15, -0.1) is 0 Å². The first-order chi connectivity index (χ1) is 6.65. The number of nitrogens with zero attached hydrogens (tertiary/aromatic N) is 1. The van der Waals surface area contributed by atoms with E-state index in [9.17, 15) is 14.4 Å². The molecule has 2 rings (SSSR count). The third kappa shape index (κ3) is 0.995. The number of rotatable bonds is 1. The number of β-lactam (4-membered cyclic amide) rings is 1. The number of aliphatic carboxylic acids is 1. The molecule has 0 spiro atoms. The molecule has 2 heterocycles. The van der Waals surface area contributed by atoms with Gasteiger partial charge in [-0.2, -0.15) is 0 Å². The summed E-state index contributed by atoms with van der Waals surface area (Å²) in [6, 6.07) is -0.365. The summed E-state index contributed by atoms with van der Waals surface area (Å²) in [6.45, 7) is 0. The molecule has 0 bridgehead atoms. The number of amides is 1. The van der Waals surface area contributed by atoms with Gasteiger partial charge in [-0.3, -0.25) is 9.69 Å². The molecule has 1 atom stereocenters. The monoisotopic (exact) mass is 193 g/mol. The van der Waals surface area contributed by atoms with Gasteiger partial charge >= 0.3 is 5.97 Å². The Labute approximate surface area is 79.3 Å². The van der Waals surface area contributed by atoms with Crippen LogP contribution in [0.2, 0.25) is 0 Å². The number of hydrogen-bond acceptors (Lipinski definition) is 3. The molecule has 1 fully saturated rings. The van der Waals surface area contributed by atoms with Crippen molar-refractivity contribution in [2.24, 2.45) is 0 Å². The molecule has 0 saturated carbocycles. The minimum Gasteiger partial charge on any atom is -0.477 e. The molecule has 14 heavy (non-hydrogen) atoms. The van der Waals surface area contributed by atoms with Gasteiger partial charge in [0.05, 0.1) is 12.5 Å². The highest BCUT2D eigenvalue weighted by atomic mass is 16.4. The maximum absolute atomic E-state index is 11.1. The van der Waals surface area contributed by atoms with E-state index in [-0.39, 0.29) is 30.5 Å². The molecule has 2 aliphatic rings. The zero-order chi connectivity index (χ0) is 10.3. The number of fused-ring (bicyclic) bond motifs is 1. The zero-order valence-electron chi connectivity index (χ0n) is 7.19. The third-order valence-electron chi connectivity index (χ3n) is 2.48. The second-order valence-corrected chi connectivity index (χ2v) is 3.21. The molecule has 0 aliphatic carbocycles. The molecule has 72 valence electrons. The Morgan fingerprint density at radius 3 is 2.86 bits per heavy atom. The van der Waals surface area contributed by atoms with Crippen molar-refractivity contribution in [2.75, 3.05) is 0 Å². The topological polar surface area (TPSA) is 74.7 Å². The number of carbonyl (C=O) groups excluding carboxylic acids is 2. The first kappa shape index (κ1) is 8.72. The fraction of sp³-hybridized carbons (Fsp3) is 0.333. The van der Waals surface area contributed by atoms with Crippen LogP contribution in [0.1, 0.15) is 12.8 Å². The Morgan fingerprint density at radius 2 is 2.36 bits per heavy atom. The van der Waals surface area contributed by atoms with Crippen LogP contribution in [0, 0.1) is 0 Å².